The summed E-state index contributed by atoms with van der Waals surface area (Å²) in [6, 6.07) is 0. The van der Waals surface area contributed by atoms with Gasteiger partial charge in [-0.05, 0) is 51.4 Å². The van der Waals surface area contributed by atoms with Gasteiger partial charge < -0.3 is 33.8 Å². The molecule has 0 aromatic heterocycles. The molecule has 17 nitrogen and oxygen atoms in total. The Kier molecular flexibility index (Phi) is 80.6. The topological polar surface area (TPSA) is 237 Å². The number of phosphoric ester groups is 2. The van der Waals surface area contributed by atoms with E-state index < -0.39 is 97.5 Å². The fourth-order valence-electron chi connectivity index (χ4n) is 13.5. The molecule has 5 atom stereocenters. The Bertz CT molecular complexity index is 2130. The first-order chi connectivity index (χ1) is 52.7. The van der Waals surface area contributed by atoms with Gasteiger partial charge in [0.05, 0.1) is 26.4 Å². The van der Waals surface area contributed by atoms with E-state index in [0.717, 1.165) is 103 Å². The lowest BCUT2D eigenvalue weighted by atomic mass is 10.0. The molecule has 0 radical (unpaired) electrons. The minimum Gasteiger partial charge on any atom is -0.462 e. The van der Waals surface area contributed by atoms with Crippen LogP contribution in [0.2, 0.25) is 0 Å². The van der Waals surface area contributed by atoms with Crippen LogP contribution in [-0.2, 0) is 65.4 Å². The molecule has 638 valence electrons. The van der Waals surface area contributed by atoms with Crippen LogP contribution in [0.3, 0.4) is 0 Å². The number of unbranched alkanes of at least 4 members (excludes halogenated alkanes) is 59. The van der Waals surface area contributed by atoms with Crippen LogP contribution in [0.15, 0.2) is 24.3 Å². The quantitative estimate of drug-likeness (QED) is 0.0169. The first-order valence-electron chi connectivity index (χ1n) is 45.6. The Hall–Kier alpha value is -2.46. The van der Waals surface area contributed by atoms with Crippen LogP contribution in [0.1, 0.15) is 464 Å². The minimum absolute atomic E-state index is 0.0861. The van der Waals surface area contributed by atoms with Crippen molar-refractivity contribution in [2.45, 2.75) is 483 Å². The zero-order valence-electron chi connectivity index (χ0n) is 70.3. The van der Waals surface area contributed by atoms with Gasteiger partial charge in [0.1, 0.15) is 19.3 Å². The van der Waals surface area contributed by atoms with E-state index in [2.05, 4.69) is 52.0 Å². The molecule has 0 bridgehead atoms. The summed E-state index contributed by atoms with van der Waals surface area (Å²) < 4.78 is 68.9. The van der Waals surface area contributed by atoms with Crippen LogP contribution in [0.5, 0.6) is 0 Å². The standard InChI is InChI=1S/C89H170O17P2/c1-5-9-13-17-21-25-29-33-36-38-40-41-42-44-46-49-52-56-60-64-68-72-76-89(94)106-85(80-100-87(92)74-70-66-62-58-54-50-48-45-43-39-37-34-30-26-22-18-14-10-6-2)82-104-108(97,98)102-78-83(90)77-101-107(95,96)103-81-84(79-99-86(91)73-69-65-61-57-53-32-28-24-20-16-12-8-4)105-88(93)75-71-67-63-59-55-51-47-35-31-27-23-19-15-11-7-3/h27,31,35,47,83-85,90H,5-26,28-30,32-34,36-46,48-82H2,1-4H3,(H,95,96)(H,97,98)/b31-27-,47-35-/t83-,84+,85+/m0/s1. The summed E-state index contributed by atoms with van der Waals surface area (Å²) >= 11 is 0. The molecule has 0 aliphatic carbocycles. The maximum atomic E-state index is 13.2. The number of ether oxygens (including phenoxy) is 4. The molecule has 0 heterocycles. The highest BCUT2D eigenvalue weighted by Crippen LogP contribution is 2.45. The van der Waals surface area contributed by atoms with E-state index in [-0.39, 0.29) is 25.7 Å². The van der Waals surface area contributed by atoms with Gasteiger partial charge in [0.25, 0.3) is 0 Å². The third kappa shape index (κ3) is 81.6. The third-order valence-electron chi connectivity index (χ3n) is 20.5. The van der Waals surface area contributed by atoms with Gasteiger partial charge >= 0.3 is 39.5 Å². The summed E-state index contributed by atoms with van der Waals surface area (Å²) in [5.74, 6) is -2.13. The molecule has 0 aliphatic heterocycles. The zero-order valence-corrected chi connectivity index (χ0v) is 72.1. The first-order valence-corrected chi connectivity index (χ1v) is 48.6. The molecule has 0 spiro atoms. The van der Waals surface area contributed by atoms with Gasteiger partial charge in [0.2, 0.25) is 0 Å². The number of aliphatic hydroxyl groups is 1. The fourth-order valence-corrected chi connectivity index (χ4v) is 15.1. The SMILES string of the molecule is CCCCCC/C=C\C=C/CCCCCCCC(=O)O[C@H](COC(=O)CCCCCCCCCCCCCC)COP(=O)(O)OC[C@H](O)COP(=O)(O)OC[C@@H](COC(=O)CCCCCCCCCCCCCCCCCCCCC)OC(=O)CCCCCCCCCCCCCCCCCCCCCCCC. The van der Waals surface area contributed by atoms with Crippen LogP contribution in [0.4, 0.5) is 0 Å². The van der Waals surface area contributed by atoms with E-state index in [1.807, 2.05) is 0 Å². The van der Waals surface area contributed by atoms with Crippen LogP contribution in [-0.4, -0.2) is 96.7 Å². The molecule has 0 aliphatic rings. The second-order valence-electron chi connectivity index (χ2n) is 31.3. The maximum Gasteiger partial charge on any atom is 0.472 e. The summed E-state index contributed by atoms with van der Waals surface area (Å²) in [7, 11) is -9.94. The fraction of sp³-hybridized carbons (Fsp3) is 0.910. The van der Waals surface area contributed by atoms with E-state index in [1.54, 1.807) is 0 Å². The highest BCUT2D eigenvalue weighted by atomic mass is 31.2. The van der Waals surface area contributed by atoms with Crippen LogP contribution in [0, 0.1) is 0 Å². The van der Waals surface area contributed by atoms with Crippen molar-refractivity contribution in [1.82, 2.24) is 0 Å². The van der Waals surface area contributed by atoms with Crippen molar-refractivity contribution in [2.24, 2.45) is 0 Å². The van der Waals surface area contributed by atoms with Crippen molar-refractivity contribution in [3.63, 3.8) is 0 Å². The van der Waals surface area contributed by atoms with Crippen LogP contribution in [0.25, 0.3) is 0 Å². The van der Waals surface area contributed by atoms with Crippen molar-refractivity contribution in [3.8, 4) is 0 Å². The minimum atomic E-state index is -4.97. The van der Waals surface area contributed by atoms with E-state index in [9.17, 15) is 43.2 Å². The van der Waals surface area contributed by atoms with Gasteiger partial charge in [-0.15, -0.1) is 0 Å². The zero-order chi connectivity index (χ0) is 78.9. The number of esters is 4. The lowest BCUT2D eigenvalue weighted by molar-refractivity contribution is -0.161. The van der Waals surface area contributed by atoms with E-state index in [4.69, 9.17) is 37.0 Å². The lowest BCUT2D eigenvalue weighted by Crippen LogP contribution is -2.30. The molecule has 0 saturated heterocycles. The molecule has 108 heavy (non-hydrogen) atoms. The number of aliphatic hydroxyl groups excluding tert-OH is 1. The summed E-state index contributed by atoms with van der Waals surface area (Å²) in [6.45, 7) is 5.00. The molecule has 0 amide bonds. The highest BCUT2D eigenvalue weighted by molar-refractivity contribution is 7.47. The van der Waals surface area contributed by atoms with Crippen molar-refractivity contribution in [2.75, 3.05) is 39.6 Å². The molecule has 0 fully saturated rings. The van der Waals surface area contributed by atoms with Gasteiger partial charge in [-0.3, -0.25) is 37.3 Å². The molecule has 0 saturated carbocycles. The average Bonchev–Trinajstić information content (AvgIpc) is 0.899. The second-order valence-corrected chi connectivity index (χ2v) is 34.2. The molecular formula is C89H170O17P2. The van der Waals surface area contributed by atoms with Crippen LogP contribution >= 0.6 is 15.6 Å². The molecule has 0 aromatic carbocycles. The molecule has 19 heteroatoms. The smallest absolute Gasteiger partial charge is 0.462 e. The number of hydrogen-bond donors (Lipinski definition) is 3. The predicted molar refractivity (Wildman–Crippen MR) is 446 cm³/mol. The number of carbonyl (C=O) groups excluding carboxylic acids is 4. The number of carbonyl (C=O) groups is 4. The average molecular weight is 1570 g/mol. The van der Waals surface area contributed by atoms with Crippen molar-refractivity contribution < 1.29 is 80.2 Å². The van der Waals surface area contributed by atoms with Gasteiger partial charge in [-0.2, -0.15) is 0 Å². The molecule has 0 aromatic rings. The Balaban J connectivity index is 5.26. The van der Waals surface area contributed by atoms with E-state index >= 15 is 0 Å². The molecule has 2 unspecified atom stereocenters. The summed E-state index contributed by atoms with van der Waals surface area (Å²) in [6.07, 6.45) is 81.4. The van der Waals surface area contributed by atoms with Crippen molar-refractivity contribution >= 4 is 39.5 Å². The van der Waals surface area contributed by atoms with E-state index in [0.29, 0.717) is 25.7 Å². The van der Waals surface area contributed by atoms with Gasteiger partial charge in [-0.1, -0.05) is 412 Å². The second kappa shape index (κ2) is 82.5. The summed E-state index contributed by atoms with van der Waals surface area (Å²) in [5.41, 5.74) is 0. The summed E-state index contributed by atoms with van der Waals surface area (Å²) in [4.78, 5) is 73.3. The Morgan fingerprint density at radius 1 is 0.259 bits per heavy atom. The predicted octanol–water partition coefficient (Wildman–Crippen LogP) is 27.2. The Morgan fingerprint density at radius 2 is 0.444 bits per heavy atom. The van der Waals surface area contributed by atoms with Gasteiger partial charge in [-0.25, -0.2) is 9.13 Å². The maximum absolute atomic E-state index is 13.2. The summed E-state index contributed by atoms with van der Waals surface area (Å²) in [5, 5.41) is 10.7. The Labute approximate surface area is 663 Å². The van der Waals surface area contributed by atoms with Gasteiger partial charge in [0, 0.05) is 25.7 Å². The van der Waals surface area contributed by atoms with Crippen molar-refractivity contribution in [1.29, 1.82) is 0 Å². The molecular weight excluding hydrogens is 1400 g/mol. The highest BCUT2D eigenvalue weighted by Gasteiger charge is 2.30. The number of rotatable bonds is 88. The molecule has 3 N–H and O–H groups in total. The Morgan fingerprint density at radius 3 is 0.676 bits per heavy atom. The third-order valence-corrected chi connectivity index (χ3v) is 22.4. The number of phosphoric acid groups is 2. The first kappa shape index (κ1) is 106. The van der Waals surface area contributed by atoms with E-state index in [1.165, 1.54) is 283 Å². The lowest BCUT2D eigenvalue weighted by Gasteiger charge is -2.21. The number of hydrogen-bond acceptors (Lipinski definition) is 15. The van der Waals surface area contributed by atoms with Crippen LogP contribution < -0.4 is 0 Å². The molecule has 0 rings (SSSR count). The van der Waals surface area contributed by atoms with Gasteiger partial charge in [0.15, 0.2) is 12.2 Å². The normalized spacial score (nSPS) is 13.8. The van der Waals surface area contributed by atoms with Crippen molar-refractivity contribution in [3.05, 3.63) is 24.3 Å². The number of allylic oxidation sites excluding steroid dienone is 4. The monoisotopic (exact) mass is 1570 g/mol. The largest absolute Gasteiger partial charge is 0.472 e.